The van der Waals surface area contributed by atoms with Crippen molar-refractivity contribution >= 4 is 21.9 Å². The average molecular weight is 324 g/mol. The monoisotopic (exact) mass is 323 g/mol. The summed E-state index contributed by atoms with van der Waals surface area (Å²) in [4.78, 5) is 7.85. The number of halogens is 1. The summed E-state index contributed by atoms with van der Waals surface area (Å²) in [5, 5.41) is 0. The summed E-state index contributed by atoms with van der Waals surface area (Å²) in [7, 11) is 0. The molecule has 3 rings (SSSR count). The second kappa shape index (κ2) is 4.93. The van der Waals surface area contributed by atoms with E-state index in [9.17, 15) is 0 Å². The van der Waals surface area contributed by atoms with Gasteiger partial charge in [0.1, 0.15) is 6.61 Å². The highest BCUT2D eigenvalue weighted by Crippen LogP contribution is 2.33. The highest BCUT2D eigenvalue weighted by molar-refractivity contribution is 9.10. The maximum Gasteiger partial charge on any atom is 0.233 e. The quantitative estimate of drug-likeness (QED) is 0.932. The number of ether oxygens (including phenoxy) is 3. The van der Waals surface area contributed by atoms with Gasteiger partial charge in [0.15, 0.2) is 11.5 Å². The Balaban J connectivity index is 1.74. The van der Waals surface area contributed by atoms with E-state index in [1.807, 2.05) is 18.2 Å². The molecule has 0 amide bonds. The van der Waals surface area contributed by atoms with Gasteiger partial charge >= 0.3 is 0 Å². The maximum atomic E-state index is 5.59. The molecule has 0 radical (unpaired) electrons. The lowest BCUT2D eigenvalue weighted by Gasteiger charge is -2.07. The molecular weight excluding hydrogens is 314 g/mol. The van der Waals surface area contributed by atoms with Crippen molar-refractivity contribution in [1.82, 2.24) is 9.97 Å². The summed E-state index contributed by atoms with van der Waals surface area (Å²) in [6, 6.07) is 5.64. The minimum atomic E-state index is 0.170. The van der Waals surface area contributed by atoms with Crippen LogP contribution in [-0.2, 0) is 6.61 Å². The number of benzene rings is 1. The van der Waals surface area contributed by atoms with Gasteiger partial charge in [0, 0.05) is 0 Å². The maximum absolute atomic E-state index is 5.59. The van der Waals surface area contributed by atoms with E-state index in [-0.39, 0.29) is 12.7 Å². The number of rotatable bonds is 3. The normalized spacial score (nSPS) is 12.5. The molecule has 19 heavy (non-hydrogen) atoms. The SMILES string of the molecule is Nc1ncc(Br)c(OCc2ccc3c(c2)OCO3)n1. The molecule has 2 aromatic rings. The summed E-state index contributed by atoms with van der Waals surface area (Å²) in [6.07, 6.45) is 1.55. The lowest BCUT2D eigenvalue weighted by molar-refractivity contribution is 0.174. The van der Waals surface area contributed by atoms with Crippen molar-refractivity contribution in [2.24, 2.45) is 0 Å². The Morgan fingerprint density at radius 2 is 2.16 bits per heavy atom. The van der Waals surface area contributed by atoms with E-state index in [0.717, 1.165) is 17.1 Å². The first kappa shape index (κ1) is 12.0. The molecule has 0 fully saturated rings. The van der Waals surface area contributed by atoms with Gasteiger partial charge in [-0.2, -0.15) is 4.98 Å². The highest BCUT2D eigenvalue weighted by Gasteiger charge is 2.13. The van der Waals surface area contributed by atoms with E-state index in [1.54, 1.807) is 6.20 Å². The summed E-state index contributed by atoms with van der Waals surface area (Å²) in [6.45, 7) is 0.610. The van der Waals surface area contributed by atoms with Crippen molar-refractivity contribution in [3.05, 3.63) is 34.4 Å². The number of nitrogens with two attached hydrogens (primary N) is 1. The van der Waals surface area contributed by atoms with Crippen LogP contribution in [0.5, 0.6) is 17.4 Å². The number of fused-ring (bicyclic) bond motifs is 1. The zero-order chi connectivity index (χ0) is 13.2. The van der Waals surface area contributed by atoms with Gasteiger partial charge < -0.3 is 19.9 Å². The molecule has 98 valence electrons. The third-order valence-electron chi connectivity index (χ3n) is 2.54. The molecule has 1 aromatic carbocycles. The lowest BCUT2D eigenvalue weighted by Crippen LogP contribution is -2.01. The number of nitrogen functional groups attached to an aromatic ring is 1. The Kier molecular flexibility index (Phi) is 3.12. The van der Waals surface area contributed by atoms with Gasteiger partial charge in [-0.05, 0) is 33.6 Å². The molecule has 0 atom stereocenters. The number of nitrogens with zero attached hydrogens (tertiary/aromatic N) is 2. The second-order valence-corrected chi connectivity index (χ2v) is 4.71. The van der Waals surface area contributed by atoms with Crippen LogP contribution in [0, 0.1) is 0 Å². The first-order valence-corrected chi connectivity index (χ1v) is 6.31. The minimum Gasteiger partial charge on any atom is -0.472 e. The van der Waals surface area contributed by atoms with E-state index < -0.39 is 0 Å². The fourth-order valence-electron chi connectivity index (χ4n) is 1.65. The average Bonchev–Trinajstić information content (AvgIpc) is 2.87. The van der Waals surface area contributed by atoms with E-state index in [2.05, 4.69) is 25.9 Å². The molecule has 0 spiro atoms. The van der Waals surface area contributed by atoms with Gasteiger partial charge in [-0.25, -0.2) is 4.98 Å². The zero-order valence-electron chi connectivity index (χ0n) is 9.80. The van der Waals surface area contributed by atoms with Crippen LogP contribution in [0.2, 0.25) is 0 Å². The smallest absolute Gasteiger partial charge is 0.233 e. The van der Waals surface area contributed by atoms with Crippen molar-refractivity contribution in [3.63, 3.8) is 0 Å². The van der Waals surface area contributed by atoms with E-state index in [4.69, 9.17) is 19.9 Å². The Bertz CT molecular complexity index is 621. The van der Waals surface area contributed by atoms with Crippen LogP contribution in [0.1, 0.15) is 5.56 Å². The summed E-state index contributed by atoms with van der Waals surface area (Å²) in [5.41, 5.74) is 6.46. The number of hydrogen-bond acceptors (Lipinski definition) is 6. The van der Waals surface area contributed by atoms with Crippen LogP contribution in [0.3, 0.4) is 0 Å². The highest BCUT2D eigenvalue weighted by atomic mass is 79.9. The summed E-state index contributed by atoms with van der Waals surface area (Å²) >= 11 is 3.30. The summed E-state index contributed by atoms with van der Waals surface area (Å²) in [5.74, 6) is 2.05. The molecule has 7 heteroatoms. The molecule has 0 bridgehead atoms. The molecule has 6 nitrogen and oxygen atoms in total. The van der Waals surface area contributed by atoms with Crippen LogP contribution in [0.15, 0.2) is 28.9 Å². The third-order valence-corrected chi connectivity index (χ3v) is 3.09. The molecule has 2 heterocycles. The Labute approximate surface area is 117 Å². The summed E-state index contributed by atoms with van der Waals surface area (Å²) < 4.78 is 16.8. The van der Waals surface area contributed by atoms with Crippen molar-refractivity contribution in [3.8, 4) is 17.4 Å². The van der Waals surface area contributed by atoms with Gasteiger partial charge in [0.25, 0.3) is 0 Å². The topological polar surface area (TPSA) is 79.5 Å². The predicted octanol–water partition coefficient (Wildman–Crippen LogP) is 2.13. The first-order chi connectivity index (χ1) is 9.22. The van der Waals surface area contributed by atoms with Crippen LogP contribution in [0.4, 0.5) is 5.95 Å². The van der Waals surface area contributed by atoms with Gasteiger partial charge in [0.2, 0.25) is 18.6 Å². The first-order valence-electron chi connectivity index (χ1n) is 5.52. The zero-order valence-corrected chi connectivity index (χ0v) is 11.4. The van der Waals surface area contributed by atoms with Crippen molar-refractivity contribution in [1.29, 1.82) is 0 Å². The largest absolute Gasteiger partial charge is 0.472 e. The standard InChI is InChI=1S/C12H10BrN3O3/c13-8-4-15-12(14)16-11(8)17-5-7-1-2-9-10(3-7)19-6-18-9/h1-4H,5-6H2,(H2,14,15,16). The molecule has 1 aromatic heterocycles. The molecule has 0 unspecified atom stereocenters. The van der Waals surface area contributed by atoms with E-state index >= 15 is 0 Å². The second-order valence-electron chi connectivity index (χ2n) is 3.86. The predicted molar refractivity (Wildman–Crippen MR) is 71.0 cm³/mol. The van der Waals surface area contributed by atoms with Crippen molar-refractivity contribution < 1.29 is 14.2 Å². The van der Waals surface area contributed by atoms with E-state index in [1.165, 1.54) is 0 Å². The van der Waals surface area contributed by atoms with Gasteiger partial charge in [-0.1, -0.05) is 6.07 Å². The fourth-order valence-corrected chi connectivity index (χ4v) is 1.95. The molecular formula is C12H10BrN3O3. The molecule has 2 N–H and O–H groups in total. The minimum absolute atomic E-state index is 0.170. The molecule has 0 saturated carbocycles. The Morgan fingerprint density at radius 1 is 1.32 bits per heavy atom. The fraction of sp³-hybridized carbons (Fsp3) is 0.167. The number of aromatic nitrogens is 2. The van der Waals surface area contributed by atoms with Crippen LogP contribution >= 0.6 is 15.9 Å². The van der Waals surface area contributed by atoms with Gasteiger partial charge in [0.05, 0.1) is 10.7 Å². The van der Waals surface area contributed by atoms with Crippen LogP contribution < -0.4 is 19.9 Å². The number of anilines is 1. The number of hydrogen-bond donors (Lipinski definition) is 1. The van der Waals surface area contributed by atoms with Crippen LogP contribution in [-0.4, -0.2) is 16.8 Å². The van der Waals surface area contributed by atoms with Crippen molar-refractivity contribution in [2.75, 3.05) is 12.5 Å². The molecule has 1 aliphatic heterocycles. The third kappa shape index (κ3) is 2.55. The van der Waals surface area contributed by atoms with Crippen LogP contribution in [0.25, 0.3) is 0 Å². The van der Waals surface area contributed by atoms with Crippen molar-refractivity contribution in [2.45, 2.75) is 6.61 Å². The molecule has 0 saturated heterocycles. The molecule has 0 aliphatic carbocycles. The molecule has 1 aliphatic rings. The Morgan fingerprint density at radius 3 is 3.05 bits per heavy atom. The van der Waals surface area contributed by atoms with E-state index in [0.29, 0.717) is 17.0 Å². The Hall–Kier alpha value is -2.02. The lowest BCUT2D eigenvalue weighted by atomic mass is 10.2. The van der Waals surface area contributed by atoms with Gasteiger partial charge in [-0.3, -0.25) is 0 Å². The van der Waals surface area contributed by atoms with Gasteiger partial charge in [-0.15, -0.1) is 0 Å².